The van der Waals surface area contributed by atoms with E-state index in [0.717, 1.165) is 5.56 Å². The lowest BCUT2D eigenvalue weighted by atomic mass is 10.0. The maximum Gasteiger partial charge on any atom is 0.307 e. The van der Waals surface area contributed by atoms with Crippen molar-refractivity contribution in [3.8, 4) is 0 Å². The van der Waals surface area contributed by atoms with Crippen LogP contribution in [0.1, 0.15) is 28.4 Å². The van der Waals surface area contributed by atoms with E-state index in [9.17, 15) is 9.59 Å². The summed E-state index contributed by atoms with van der Waals surface area (Å²) >= 11 is 5.86. The van der Waals surface area contributed by atoms with Gasteiger partial charge in [-0.05, 0) is 17.7 Å². The molecule has 1 aromatic carbocycles. The molecule has 1 amide bonds. The molecule has 0 saturated heterocycles. The quantitative estimate of drug-likeness (QED) is 0.856. The molecule has 6 nitrogen and oxygen atoms in total. The molecule has 0 aliphatic carbocycles. The lowest BCUT2D eigenvalue weighted by molar-refractivity contribution is -0.141. The Labute approximate surface area is 133 Å². The van der Waals surface area contributed by atoms with E-state index in [1.807, 2.05) is 0 Å². The summed E-state index contributed by atoms with van der Waals surface area (Å²) in [5, 5.41) is 7.35. The molecule has 1 unspecified atom stereocenters. The van der Waals surface area contributed by atoms with Gasteiger partial charge in [-0.2, -0.15) is 5.10 Å². The molecule has 0 bridgehead atoms. The maximum atomic E-state index is 12.2. The van der Waals surface area contributed by atoms with Crippen molar-refractivity contribution in [1.29, 1.82) is 0 Å². The van der Waals surface area contributed by atoms with Gasteiger partial charge >= 0.3 is 5.97 Å². The van der Waals surface area contributed by atoms with Crippen molar-refractivity contribution in [2.45, 2.75) is 12.5 Å². The molecule has 116 valence electrons. The van der Waals surface area contributed by atoms with Gasteiger partial charge in [0.05, 0.1) is 31.3 Å². The van der Waals surface area contributed by atoms with Crippen LogP contribution in [0.3, 0.4) is 0 Å². The summed E-state index contributed by atoms with van der Waals surface area (Å²) in [6, 6.07) is 6.44. The Morgan fingerprint density at radius 1 is 1.36 bits per heavy atom. The number of esters is 1. The van der Waals surface area contributed by atoms with Gasteiger partial charge in [-0.15, -0.1) is 0 Å². The second-order valence-corrected chi connectivity index (χ2v) is 5.20. The number of amides is 1. The molecule has 7 heteroatoms. The lowest BCUT2D eigenvalue weighted by Gasteiger charge is -2.18. The summed E-state index contributed by atoms with van der Waals surface area (Å²) in [4.78, 5) is 23.8. The Kier molecular flexibility index (Phi) is 5.16. The van der Waals surface area contributed by atoms with Crippen molar-refractivity contribution in [3.05, 3.63) is 52.8 Å². The molecule has 0 aliphatic rings. The number of ether oxygens (including phenoxy) is 1. The standard InChI is InChI=1S/C15H16ClN3O3/c1-19-9-11(8-17-19)15(21)18-13(7-14(20)22-2)10-3-5-12(16)6-4-10/h3-6,8-9,13H,7H2,1-2H3,(H,18,21). The first-order valence-corrected chi connectivity index (χ1v) is 6.99. The summed E-state index contributed by atoms with van der Waals surface area (Å²) in [6.07, 6.45) is 3.10. The van der Waals surface area contributed by atoms with Crippen LogP contribution >= 0.6 is 11.6 Å². The van der Waals surface area contributed by atoms with Crippen molar-refractivity contribution in [2.24, 2.45) is 7.05 Å². The SMILES string of the molecule is COC(=O)CC(NC(=O)c1cnn(C)c1)c1ccc(Cl)cc1. The Bertz CT molecular complexity index is 667. The van der Waals surface area contributed by atoms with Gasteiger partial charge in [0.15, 0.2) is 0 Å². The number of carbonyl (C=O) groups excluding carboxylic acids is 2. The lowest BCUT2D eigenvalue weighted by Crippen LogP contribution is -2.30. The van der Waals surface area contributed by atoms with E-state index in [1.54, 1.807) is 37.5 Å². The highest BCUT2D eigenvalue weighted by Gasteiger charge is 2.20. The largest absolute Gasteiger partial charge is 0.469 e. The Hall–Kier alpha value is -2.34. The van der Waals surface area contributed by atoms with Crippen molar-refractivity contribution < 1.29 is 14.3 Å². The smallest absolute Gasteiger partial charge is 0.307 e. The number of hydrogen-bond donors (Lipinski definition) is 1. The monoisotopic (exact) mass is 321 g/mol. The van der Waals surface area contributed by atoms with E-state index in [1.165, 1.54) is 18.0 Å². The van der Waals surface area contributed by atoms with Crippen LogP contribution < -0.4 is 5.32 Å². The number of halogens is 1. The first-order chi connectivity index (χ1) is 10.5. The normalized spacial score (nSPS) is 11.8. The van der Waals surface area contributed by atoms with E-state index in [4.69, 9.17) is 11.6 Å². The highest BCUT2D eigenvalue weighted by atomic mass is 35.5. The summed E-state index contributed by atoms with van der Waals surface area (Å²) in [5.74, 6) is -0.719. The maximum absolute atomic E-state index is 12.2. The molecule has 2 aromatic rings. The summed E-state index contributed by atoms with van der Waals surface area (Å²) in [7, 11) is 3.03. The van der Waals surface area contributed by atoms with Gasteiger partial charge in [0.25, 0.3) is 5.91 Å². The summed E-state index contributed by atoms with van der Waals surface area (Å²) in [6.45, 7) is 0. The summed E-state index contributed by atoms with van der Waals surface area (Å²) in [5.41, 5.74) is 1.19. The molecule has 1 N–H and O–H groups in total. The molecule has 22 heavy (non-hydrogen) atoms. The average molecular weight is 322 g/mol. The van der Waals surface area contributed by atoms with Crippen LogP contribution in [0.5, 0.6) is 0 Å². The van der Waals surface area contributed by atoms with E-state index in [2.05, 4.69) is 15.2 Å². The molecule has 0 radical (unpaired) electrons. The van der Waals surface area contributed by atoms with Crippen LogP contribution in [-0.4, -0.2) is 28.8 Å². The zero-order chi connectivity index (χ0) is 16.1. The minimum Gasteiger partial charge on any atom is -0.469 e. The van der Waals surface area contributed by atoms with Gasteiger partial charge in [0, 0.05) is 18.3 Å². The zero-order valence-corrected chi connectivity index (χ0v) is 13.0. The fourth-order valence-corrected chi connectivity index (χ4v) is 2.10. The fraction of sp³-hybridized carbons (Fsp3) is 0.267. The molecule has 0 fully saturated rings. The second kappa shape index (κ2) is 7.09. The van der Waals surface area contributed by atoms with E-state index >= 15 is 0 Å². The van der Waals surface area contributed by atoms with Crippen LogP contribution in [-0.2, 0) is 16.6 Å². The van der Waals surface area contributed by atoms with Gasteiger partial charge in [-0.25, -0.2) is 0 Å². The van der Waals surface area contributed by atoms with Crippen LogP contribution in [0.4, 0.5) is 0 Å². The van der Waals surface area contributed by atoms with Crippen LogP contribution in [0.2, 0.25) is 5.02 Å². The van der Waals surface area contributed by atoms with Crippen molar-refractivity contribution in [3.63, 3.8) is 0 Å². The molecular formula is C15H16ClN3O3. The topological polar surface area (TPSA) is 73.2 Å². The first-order valence-electron chi connectivity index (χ1n) is 6.61. The molecule has 0 spiro atoms. The molecular weight excluding hydrogens is 306 g/mol. The number of rotatable bonds is 5. The third-order valence-corrected chi connectivity index (χ3v) is 3.40. The van der Waals surface area contributed by atoms with Crippen LogP contribution in [0.15, 0.2) is 36.7 Å². The first kappa shape index (κ1) is 16.0. The number of benzene rings is 1. The number of nitrogens with one attached hydrogen (secondary N) is 1. The number of hydrogen-bond acceptors (Lipinski definition) is 4. The molecule has 0 saturated carbocycles. The number of methoxy groups -OCH3 is 1. The zero-order valence-electron chi connectivity index (χ0n) is 12.2. The third-order valence-electron chi connectivity index (χ3n) is 3.14. The van der Waals surface area contributed by atoms with E-state index in [0.29, 0.717) is 10.6 Å². The van der Waals surface area contributed by atoms with E-state index < -0.39 is 12.0 Å². The Morgan fingerprint density at radius 3 is 2.59 bits per heavy atom. The van der Waals surface area contributed by atoms with Gasteiger partial charge in [0.2, 0.25) is 0 Å². The predicted molar refractivity (Wildman–Crippen MR) is 81.5 cm³/mol. The molecule has 1 aromatic heterocycles. The molecule has 1 atom stereocenters. The van der Waals surface area contributed by atoms with Crippen molar-refractivity contribution in [1.82, 2.24) is 15.1 Å². The van der Waals surface area contributed by atoms with Crippen LogP contribution in [0, 0.1) is 0 Å². The Morgan fingerprint density at radius 2 is 2.05 bits per heavy atom. The predicted octanol–water partition coefficient (Wildman–Crippen LogP) is 2.11. The van der Waals surface area contributed by atoms with Gasteiger partial charge < -0.3 is 10.1 Å². The molecule has 2 rings (SSSR count). The average Bonchev–Trinajstić information content (AvgIpc) is 2.94. The van der Waals surface area contributed by atoms with Gasteiger partial charge in [-0.3, -0.25) is 14.3 Å². The van der Waals surface area contributed by atoms with E-state index in [-0.39, 0.29) is 12.3 Å². The second-order valence-electron chi connectivity index (χ2n) is 4.76. The third kappa shape index (κ3) is 4.08. The Balaban J connectivity index is 2.18. The number of aromatic nitrogens is 2. The summed E-state index contributed by atoms with van der Waals surface area (Å²) < 4.78 is 6.22. The fourth-order valence-electron chi connectivity index (χ4n) is 1.98. The molecule has 0 aliphatic heterocycles. The van der Waals surface area contributed by atoms with Gasteiger partial charge in [-0.1, -0.05) is 23.7 Å². The van der Waals surface area contributed by atoms with Crippen LogP contribution in [0.25, 0.3) is 0 Å². The number of nitrogens with zero attached hydrogens (tertiary/aromatic N) is 2. The van der Waals surface area contributed by atoms with Crippen molar-refractivity contribution in [2.75, 3.05) is 7.11 Å². The molecule has 1 heterocycles. The minimum absolute atomic E-state index is 0.0319. The highest BCUT2D eigenvalue weighted by molar-refractivity contribution is 6.30. The highest BCUT2D eigenvalue weighted by Crippen LogP contribution is 2.20. The van der Waals surface area contributed by atoms with Crippen molar-refractivity contribution >= 4 is 23.5 Å². The van der Waals surface area contributed by atoms with Gasteiger partial charge in [0.1, 0.15) is 0 Å². The minimum atomic E-state index is -0.502. The number of aryl methyl sites for hydroxylation is 1. The number of carbonyl (C=O) groups is 2.